The van der Waals surface area contributed by atoms with Gasteiger partial charge in [0.25, 0.3) is 0 Å². The molecule has 1 amide bonds. The molecule has 3 aromatic heterocycles. The summed E-state index contributed by atoms with van der Waals surface area (Å²) in [6, 6.07) is 5.92. The normalized spacial score (nSPS) is 15.8. The lowest BCUT2D eigenvalue weighted by atomic mass is 9.93. The molecule has 4 rings (SSSR count). The van der Waals surface area contributed by atoms with Crippen molar-refractivity contribution >= 4 is 11.6 Å². The van der Waals surface area contributed by atoms with E-state index >= 15 is 0 Å². The van der Waals surface area contributed by atoms with Crippen LogP contribution in [0.15, 0.2) is 36.8 Å². The fourth-order valence-corrected chi connectivity index (χ4v) is 3.44. The van der Waals surface area contributed by atoms with Crippen LogP contribution < -0.4 is 0 Å². The van der Waals surface area contributed by atoms with Crippen LogP contribution in [0.5, 0.6) is 0 Å². The lowest BCUT2D eigenvalue weighted by molar-refractivity contribution is -0.132. The summed E-state index contributed by atoms with van der Waals surface area (Å²) in [7, 11) is 0. The van der Waals surface area contributed by atoms with Crippen LogP contribution in [0.2, 0.25) is 0 Å². The number of piperidine rings is 1. The van der Waals surface area contributed by atoms with E-state index in [1.807, 2.05) is 47.1 Å². The number of likely N-dealkylation sites (tertiary alicyclic amines) is 1. The molecule has 0 aliphatic carbocycles. The maximum absolute atomic E-state index is 12.4. The third-order valence-corrected chi connectivity index (χ3v) is 4.87. The molecule has 1 fully saturated rings. The van der Waals surface area contributed by atoms with E-state index in [-0.39, 0.29) is 5.91 Å². The first-order valence-electron chi connectivity index (χ1n) is 8.77. The summed E-state index contributed by atoms with van der Waals surface area (Å²) in [5, 5.41) is 8.51. The fraction of sp³-hybridized carbons (Fsp3) is 0.444. The van der Waals surface area contributed by atoms with E-state index in [9.17, 15) is 4.79 Å². The molecule has 0 atom stereocenters. The highest BCUT2D eigenvalue weighted by molar-refractivity contribution is 5.76. The van der Waals surface area contributed by atoms with Crippen LogP contribution in [0.4, 0.5) is 0 Å². The van der Waals surface area contributed by atoms with Crippen LogP contribution in [0.1, 0.15) is 36.6 Å². The first-order chi connectivity index (χ1) is 12.2. The van der Waals surface area contributed by atoms with Crippen molar-refractivity contribution < 1.29 is 4.79 Å². The molecular weight excluding hydrogens is 316 g/mol. The van der Waals surface area contributed by atoms with Crippen LogP contribution >= 0.6 is 0 Å². The van der Waals surface area contributed by atoms with E-state index in [0.29, 0.717) is 18.9 Å². The predicted molar refractivity (Wildman–Crippen MR) is 93.1 cm³/mol. The van der Waals surface area contributed by atoms with E-state index < -0.39 is 0 Å². The summed E-state index contributed by atoms with van der Waals surface area (Å²) in [6.07, 6.45) is 8.07. The summed E-state index contributed by atoms with van der Waals surface area (Å²) in [5.74, 6) is 0.628. The third-order valence-electron chi connectivity index (χ3n) is 4.87. The lowest BCUT2D eigenvalue weighted by Crippen LogP contribution is -2.38. The molecule has 4 heterocycles. The van der Waals surface area contributed by atoms with E-state index in [1.54, 1.807) is 10.7 Å². The summed E-state index contributed by atoms with van der Waals surface area (Å²) >= 11 is 0. The predicted octanol–water partition coefficient (Wildman–Crippen LogP) is 2.03. The van der Waals surface area contributed by atoms with Gasteiger partial charge in [0.2, 0.25) is 5.91 Å². The molecule has 1 aliphatic heterocycles. The molecule has 1 saturated heterocycles. The maximum Gasteiger partial charge on any atom is 0.224 e. The molecule has 0 saturated carbocycles. The Bertz CT molecular complexity index is 874. The molecule has 3 aromatic rings. The number of hydrogen-bond donors (Lipinski definition) is 0. The molecule has 0 N–H and O–H groups in total. The Kier molecular flexibility index (Phi) is 4.21. The molecule has 0 unspecified atom stereocenters. The van der Waals surface area contributed by atoms with Crippen molar-refractivity contribution in [2.45, 2.75) is 38.6 Å². The summed E-state index contributed by atoms with van der Waals surface area (Å²) < 4.78 is 3.61. The smallest absolute Gasteiger partial charge is 0.224 e. The maximum atomic E-state index is 12.4. The van der Waals surface area contributed by atoms with E-state index in [0.717, 1.165) is 43.0 Å². The monoisotopic (exact) mass is 338 g/mol. The second kappa shape index (κ2) is 6.66. The number of carbonyl (C=O) groups excluding carboxylic acids is 1. The average Bonchev–Trinajstić information content (AvgIpc) is 3.27. The van der Waals surface area contributed by atoms with E-state index in [2.05, 4.69) is 10.2 Å². The minimum atomic E-state index is 0.214. The van der Waals surface area contributed by atoms with Gasteiger partial charge in [0.05, 0.1) is 11.9 Å². The second-order valence-corrected chi connectivity index (χ2v) is 6.61. The zero-order valence-corrected chi connectivity index (χ0v) is 14.4. The number of hydrogen-bond acceptors (Lipinski definition) is 4. The highest BCUT2D eigenvalue weighted by atomic mass is 16.2. The number of nitrogens with zero attached hydrogens (tertiary/aromatic N) is 6. The van der Waals surface area contributed by atoms with Gasteiger partial charge in [0.1, 0.15) is 0 Å². The molecule has 7 nitrogen and oxygen atoms in total. The van der Waals surface area contributed by atoms with Crippen LogP contribution in [-0.2, 0) is 11.3 Å². The van der Waals surface area contributed by atoms with Gasteiger partial charge in [0.15, 0.2) is 5.65 Å². The van der Waals surface area contributed by atoms with Gasteiger partial charge in [-0.2, -0.15) is 10.2 Å². The Hall–Kier alpha value is -2.70. The zero-order chi connectivity index (χ0) is 17.2. The molecule has 0 spiro atoms. The van der Waals surface area contributed by atoms with Gasteiger partial charge in [0, 0.05) is 56.1 Å². The molecule has 0 bridgehead atoms. The first-order valence-corrected chi connectivity index (χ1v) is 8.77. The SMILES string of the molecule is Cc1ccn(CCC(=O)N2CCC(c3ccn4nccc4n3)CC2)n1. The first kappa shape index (κ1) is 15.8. The van der Waals surface area contributed by atoms with E-state index in [4.69, 9.17) is 4.98 Å². The van der Waals surface area contributed by atoms with Crippen molar-refractivity contribution in [2.24, 2.45) is 0 Å². The highest BCUT2D eigenvalue weighted by Gasteiger charge is 2.24. The Morgan fingerprint density at radius 3 is 2.80 bits per heavy atom. The average molecular weight is 338 g/mol. The van der Waals surface area contributed by atoms with Gasteiger partial charge in [-0.25, -0.2) is 9.50 Å². The fourth-order valence-electron chi connectivity index (χ4n) is 3.44. The van der Waals surface area contributed by atoms with Crippen molar-refractivity contribution in [1.29, 1.82) is 0 Å². The van der Waals surface area contributed by atoms with Gasteiger partial charge in [-0.05, 0) is 31.9 Å². The molecule has 25 heavy (non-hydrogen) atoms. The summed E-state index contributed by atoms with van der Waals surface area (Å²) in [4.78, 5) is 19.1. The number of amides is 1. The van der Waals surface area contributed by atoms with Gasteiger partial charge in [-0.1, -0.05) is 0 Å². The van der Waals surface area contributed by atoms with Crippen molar-refractivity contribution in [3.8, 4) is 0 Å². The standard InChI is InChI=1S/C18H22N6O/c1-14-3-11-23(21-14)12-7-18(25)22-9-4-15(5-10-22)16-6-13-24-17(20-16)2-8-19-24/h2-3,6,8,11,13,15H,4-5,7,9-10,12H2,1H3. The quantitative estimate of drug-likeness (QED) is 0.730. The van der Waals surface area contributed by atoms with Crippen molar-refractivity contribution in [3.05, 3.63) is 48.2 Å². The Morgan fingerprint density at radius 1 is 1.20 bits per heavy atom. The van der Waals surface area contributed by atoms with Gasteiger partial charge in [-0.3, -0.25) is 9.48 Å². The molecule has 0 radical (unpaired) electrons. The minimum Gasteiger partial charge on any atom is -0.343 e. The highest BCUT2D eigenvalue weighted by Crippen LogP contribution is 2.27. The number of carbonyl (C=O) groups is 1. The summed E-state index contributed by atoms with van der Waals surface area (Å²) in [5.41, 5.74) is 2.97. The van der Waals surface area contributed by atoms with Crippen LogP contribution in [0.25, 0.3) is 5.65 Å². The van der Waals surface area contributed by atoms with Gasteiger partial charge < -0.3 is 4.90 Å². The molecule has 7 heteroatoms. The molecule has 1 aliphatic rings. The number of aromatic nitrogens is 5. The number of fused-ring (bicyclic) bond motifs is 1. The lowest BCUT2D eigenvalue weighted by Gasteiger charge is -2.31. The van der Waals surface area contributed by atoms with Crippen molar-refractivity contribution in [2.75, 3.05) is 13.1 Å². The number of rotatable bonds is 4. The molecular formula is C18H22N6O. The van der Waals surface area contributed by atoms with Crippen LogP contribution in [-0.4, -0.2) is 48.3 Å². The molecule has 130 valence electrons. The van der Waals surface area contributed by atoms with Crippen molar-refractivity contribution in [3.63, 3.8) is 0 Å². The topological polar surface area (TPSA) is 68.3 Å². The third kappa shape index (κ3) is 3.40. The Morgan fingerprint density at radius 2 is 2.04 bits per heavy atom. The Labute approximate surface area is 146 Å². The Balaban J connectivity index is 1.32. The van der Waals surface area contributed by atoms with Crippen LogP contribution in [0, 0.1) is 6.92 Å². The van der Waals surface area contributed by atoms with E-state index in [1.165, 1.54) is 0 Å². The van der Waals surface area contributed by atoms with Crippen LogP contribution in [0.3, 0.4) is 0 Å². The van der Waals surface area contributed by atoms with Gasteiger partial charge >= 0.3 is 0 Å². The second-order valence-electron chi connectivity index (χ2n) is 6.61. The number of aryl methyl sites for hydroxylation is 2. The largest absolute Gasteiger partial charge is 0.343 e. The zero-order valence-electron chi connectivity index (χ0n) is 14.4. The molecule has 0 aromatic carbocycles. The van der Waals surface area contributed by atoms with Gasteiger partial charge in [-0.15, -0.1) is 0 Å². The minimum absolute atomic E-state index is 0.214. The summed E-state index contributed by atoms with van der Waals surface area (Å²) in [6.45, 7) is 4.20. The van der Waals surface area contributed by atoms with Crippen molar-refractivity contribution in [1.82, 2.24) is 29.3 Å².